The third-order valence-corrected chi connectivity index (χ3v) is 4.04. The molecule has 0 aliphatic carbocycles. The van der Waals surface area contributed by atoms with Gasteiger partial charge in [0.15, 0.2) is 6.20 Å². The summed E-state index contributed by atoms with van der Waals surface area (Å²) in [6.45, 7) is 8.92. The van der Waals surface area contributed by atoms with Gasteiger partial charge in [-0.15, -0.1) is 2.78 Å². The Balaban J connectivity index is 2.61. The third-order valence-electron chi connectivity index (χ3n) is 3.19. The molecule has 0 saturated heterocycles. The van der Waals surface area contributed by atoms with Crippen molar-refractivity contribution in [2.24, 2.45) is 0 Å². The van der Waals surface area contributed by atoms with Crippen LogP contribution in [0, 0.1) is 6.92 Å². The van der Waals surface area contributed by atoms with Crippen molar-refractivity contribution in [3.05, 3.63) is 53.7 Å². The molecule has 0 N–H and O–H groups in total. The average molecular weight is 352 g/mol. The summed E-state index contributed by atoms with van der Waals surface area (Å²) in [5, 5.41) is 0. The highest BCUT2D eigenvalue weighted by molar-refractivity contribution is 14.1. The van der Waals surface area contributed by atoms with Gasteiger partial charge in [0, 0.05) is 17.7 Å². The fourth-order valence-electron chi connectivity index (χ4n) is 2.00. The van der Waals surface area contributed by atoms with Gasteiger partial charge in [0.2, 0.25) is 5.69 Å². The first-order valence-corrected chi connectivity index (χ1v) is 7.14. The van der Waals surface area contributed by atoms with Gasteiger partial charge in [-0.3, -0.25) is 0 Å². The van der Waals surface area contributed by atoms with E-state index in [2.05, 4.69) is 95.9 Å². The molecule has 18 heavy (non-hydrogen) atoms. The summed E-state index contributed by atoms with van der Waals surface area (Å²) in [6, 6.07) is 13.0. The van der Waals surface area contributed by atoms with Crippen LogP contribution in [0.25, 0.3) is 11.3 Å². The maximum absolute atomic E-state index is 2.34. The number of pyridine rings is 1. The lowest BCUT2D eigenvalue weighted by molar-refractivity contribution is -0.427. The molecular weight excluding hydrogens is 333 g/mol. The number of rotatable bonds is 1. The monoisotopic (exact) mass is 352 g/mol. The van der Waals surface area contributed by atoms with Gasteiger partial charge in [0.05, 0.1) is 0 Å². The first kappa shape index (κ1) is 13.5. The van der Waals surface area contributed by atoms with E-state index in [1.807, 2.05) is 0 Å². The Bertz CT molecular complexity index is 568. The normalized spacial score (nSPS) is 11.6. The molecule has 0 aliphatic rings. The highest BCUT2D eigenvalue weighted by Crippen LogP contribution is 2.27. The lowest BCUT2D eigenvalue weighted by Gasteiger charge is -2.18. The van der Waals surface area contributed by atoms with Crippen molar-refractivity contribution in [3.63, 3.8) is 0 Å². The van der Waals surface area contributed by atoms with Crippen molar-refractivity contribution in [3.8, 4) is 11.3 Å². The summed E-state index contributed by atoms with van der Waals surface area (Å²) in [5.74, 6) is 0. The van der Waals surface area contributed by atoms with Crippen LogP contribution < -0.4 is 2.78 Å². The van der Waals surface area contributed by atoms with E-state index in [4.69, 9.17) is 0 Å². The fraction of sp³-hybridized carbons (Fsp3) is 0.312. The highest BCUT2D eigenvalue weighted by atomic mass is 127. The van der Waals surface area contributed by atoms with Crippen LogP contribution in [0.15, 0.2) is 42.6 Å². The molecule has 0 amide bonds. The molecule has 2 aromatic rings. The quantitative estimate of drug-likeness (QED) is 0.668. The minimum Gasteiger partial charge on any atom is -0.136 e. The zero-order chi connectivity index (χ0) is 13.3. The molecule has 0 bridgehead atoms. The van der Waals surface area contributed by atoms with Crippen LogP contribution in [0.1, 0.15) is 31.9 Å². The van der Waals surface area contributed by atoms with Gasteiger partial charge in [0.25, 0.3) is 0 Å². The molecule has 0 unspecified atom stereocenters. The zero-order valence-corrected chi connectivity index (χ0v) is 13.5. The number of benzene rings is 1. The van der Waals surface area contributed by atoms with Crippen LogP contribution in [0.5, 0.6) is 0 Å². The van der Waals surface area contributed by atoms with Crippen LogP contribution in [0.4, 0.5) is 0 Å². The van der Waals surface area contributed by atoms with E-state index in [1.165, 1.54) is 22.4 Å². The number of halogens is 1. The predicted octanol–water partition coefficient (Wildman–Crippen LogP) is 4.45. The molecule has 0 aliphatic heterocycles. The van der Waals surface area contributed by atoms with Gasteiger partial charge in [-0.25, -0.2) is 0 Å². The summed E-state index contributed by atoms with van der Waals surface area (Å²) in [6.07, 6.45) is 2.14. The van der Waals surface area contributed by atoms with Crippen LogP contribution >= 0.6 is 22.9 Å². The zero-order valence-electron chi connectivity index (χ0n) is 11.4. The lowest BCUT2D eigenvalue weighted by Crippen LogP contribution is -2.24. The Morgan fingerprint density at radius 2 is 1.72 bits per heavy atom. The van der Waals surface area contributed by atoms with Gasteiger partial charge >= 0.3 is 22.9 Å². The number of hydrogen-bond donors (Lipinski definition) is 0. The number of nitrogens with zero attached hydrogens (tertiary/aromatic N) is 1. The molecule has 1 heterocycles. The molecule has 2 rings (SSSR count). The largest absolute Gasteiger partial charge is 0.354 e. The minimum atomic E-state index is 0.183. The van der Waals surface area contributed by atoms with Crippen molar-refractivity contribution in [2.45, 2.75) is 33.1 Å². The molecule has 0 spiro atoms. The molecule has 1 nitrogen and oxygen atoms in total. The summed E-state index contributed by atoms with van der Waals surface area (Å²) in [5.41, 5.74) is 5.43. The highest BCUT2D eigenvalue weighted by Gasteiger charge is 2.20. The average Bonchev–Trinajstić information content (AvgIpc) is 2.29. The molecule has 2 heteroatoms. The van der Waals surface area contributed by atoms with Crippen molar-refractivity contribution < 1.29 is 2.78 Å². The Hall–Kier alpha value is -0.900. The molecule has 0 fully saturated rings. The first-order chi connectivity index (χ1) is 8.39. The van der Waals surface area contributed by atoms with Gasteiger partial charge < -0.3 is 0 Å². The van der Waals surface area contributed by atoms with Gasteiger partial charge in [-0.1, -0.05) is 39.0 Å². The van der Waals surface area contributed by atoms with Crippen molar-refractivity contribution in [1.82, 2.24) is 0 Å². The summed E-state index contributed by atoms with van der Waals surface area (Å²) in [7, 11) is 0. The van der Waals surface area contributed by atoms with Crippen LogP contribution in [-0.2, 0) is 5.41 Å². The number of aromatic nitrogens is 1. The smallest absolute Gasteiger partial charge is 0.136 e. The summed E-state index contributed by atoms with van der Waals surface area (Å²) < 4.78 is 2.16. The van der Waals surface area contributed by atoms with E-state index in [9.17, 15) is 0 Å². The van der Waals surface area contributed by atoms with E-state index in [0.717, 1.165) is 0 Å². The second-order valence-corrected chi connectivity index (χ2v) is 6.72. The van der Waals surface area contributed by atoms with E-state index >= 15 is 0 Å². The molecule has 0 saturated carbocycles. The topological polar surface area (TPSA) is 3.88 Å². The summed E-state index contributed by atoms with van der Waals surface area (Å²) >= 11 is 2.34. The van der Waals surface area contributed by atoms with Gasteiger partial charge in [-0.05, 0) is 29.5 Å². The third kappa shape index (κ3) is 2.74. The second kappa shape index (κ2) is 5.00. The van der Waals surface area contributed by atoms with E-state index in [1.54, 1.807) is 0 Å². The Kier molecular flexibility index (Phi) is 3.76. The van der Waals surface area contributed by atoms with Crippen LogP contribution in [0.3, 0.4) is 0 Å². The summed E-state index contributed by atoms with van der Waals surface area (Å²) in [4.78, 5) is 0. The van der Waals surface area contributed by atoms with Crippen molar-refractivity contribution in [1.29, 1.82) is 0 Å². The van der Waals surface area contributed by atoms with E-state index in [0.29, 0.717) is 0 Å². The fourth-order valence-corrected chi connectivity index (χ4v) is 2.56. The lowest BCUT2D eigenvalue weighted by atomic mass is 9.86. The predicted molar refractivity (Wildman–Crippen MR) is 84.9 cm³/mol. The Morgan fingerprint density at radius 1 is 1.06 bits per heavy atom. The number of hydrogen-bond acceptors (Lipinski definition) is 0. The minimum absolute atomic E-state index is 0.183. The van der Waals surface area contributed by atoms with Gasteiger partial charge in [-0.2, -0.15) is 0 Å². The SMILES string of the molecule is Cc1ccccc1-c1cc(C(C)(C)C)cc[n+]1I. The van der Waals surface area contributed by atoms with Gasteiger partial charge in [0.1, 0.15) is 0 Å². The first-order valence-electron chi connectivity index (χ1n) is 6.18. The second-order valence-electron chi connectivity index (χ2n) is 5.68. The maximum Gasteiger partial charge on any atom is 0.354 e. The molecule has 1 aromatic carbocycles. The number of aryl methyl sites for hydroxylation is 1. The van der Waals surface area contributed by atoms with E-state index in [-0.39, 0.29) is 5.41 Å². The molecule has 0 atom stereocenters. The van der Waals surface area contributed by atoms with Crippen molar-refractivity contribution in [2.75, 3.05) is 0 Å². The molecule has 94 valence electrons. The van der Waals surface area contributed by atoms with Crippen LogP contribution in [-0.4, -0.2) is 0 Å². The Labute approximate surface area is 123 Å². The Morgan fingerprint density at radius 3 is 2.33 bits per heavy atom. The van der Waals surface area contributed by atoms with Crippen molar-refractivity contribution >= 4 is 22.9 Å². The van der Waals surface area contributed by atoms with Crippen LogP contribution in [0.2, 0.25) is 0 Å². The van der Waals surface area contributed by atoms with E-state index < -0.39 is 0 Å². The molecule has 1 aromatic heterocycles. The standard InChI is InChI=1S/C16H19IN/c1-12-7-5-6-8-14(12)15-11-13(16(2,3)4)9-10-18(15)17/h5-11H,1-4H3/q+1. The maximum atomic E-state index is 2.34. The molecular formula is C16H19IN+. The molecule has 0 radical (unpaired) electrons.